The summed E-state index contributed by atoms with van der Waals surface area (Å²) in [6.07, 6.45) is 10.6. The molecule has 0 radical (unpaired) electrons. The normalized spacial score (nSPS) is 31.3. The molecule has 0 bridgehead atoms. The lowest BCUT2D eigenvalue weighted by Gasteiger charge is -2.15. The lowest BCUT2D eigenvalue weighted by atomic mass is 9.87. The van der Waals surface area contributed by atoms with Gasteiger partial charge in [0.25, 0.3) is 0 Å². The molecule has 1 aliphatic carbocycles. The van der Waals surface area contributed by atoms with E-state index in [9.17, 15) is 0 Å². The minimum atomic E-state index is 0.0504. The van der Waals surface area contributed by atoms with E-state index >= 15 is 0 Å². The monoisotopic (exact) mass is 176 g/mol. The fourth-order valence-electron chi connectivity index (χ4n) is 2.14. The van der Waals surface area contributed by atoms with E-state index in [1.54, 1.807) is 0 Å². The Morgan fingerprint density at radius 3 is 2.54 bits per heavy atom. The maximum absolute atomic E-state index is 5.62. The first-order valence-corrected chi connectivity index (χ1v) is 5.01. The highest BCUT2D eigenvalue weighted by Gasteiger charge is 2.50. The molecule has 1 aliphatic heterocycles. The maximum atomic E-state index is 5.62. The molecule has 13 heavy (non-hydrogen) atoms. The van der Waals surface area contributed by atoms with Crippen LogP contribution in [-0.2, 0) is 4.74 Å². The van der Waals surface area contributed by atoms with Gasteiger partial charge in [-0.25, -0.2) is 0 Å². The maximum Gasteiger partial charge on any atom is 0.109 e. The summed E-state index contributed by atoms with van der Waals surface area (Å²) < 4.78 is 5.62. The lowest BCUT2D eigenvalue weighted by molar-refractivity contribution is 0.329. The molecule has 1 nitrogen and oxygen atoms in total. The van der Waals surface area contributed by atoms with Gasteiger partial charge >= 0.3 is 0 Å². The van der Waals surface area contributed by atoms with Crippen molar-refractivity contribution in [2.24, 2.45) is 0 Å². The first kappa shape index (κ1) is 8.84. The van der Waals surface area contributed by atoms with Gasteiger partial charge in [0.15, 0.2) is 0 Å². The number of rotatable bonds is 1. The SMILES string of the molecule is C#CC1=C(C2OC2(C)C)CCCC1. The molecule has 1 heteroatoms. The Morgan fingerprint density at radius 1 is 1.38 bits per heavy atom. The summed E-state index contributed by atoms with van der Waals surface area (Å²) in [6, 6.07) is 0. The Hall–Kier alpha value is -0.740. The van der Waals surface area contributed by atoms with Gasteiger partial charge in [-0.3, -0.25) is 0 Å². The highest BCUT2D eigenvalue weighted by Crippen LogP contribution is 2.45. The van der Waals surface area contributed by atoms with Gasteiger partial charge in [0.1, 0.15) is 6.10 Å². The van der Waals surface area contributed by atoms with E-state index in [4.69, 9.17) is 11.2 Å². The predicted molar refractivity (Wildman–Crippen MR) is 53.3 cm³/mol. The summed E-state index contributed by atoms with van der Waals surface area (Å²) in [6.45, 7) is 4.26. The quantitative estimate of drug-likeness (QED) is 0.442. The number of ether oxygens (including phenoxy) is 1. The molecule has 2 rings (SSSR count). The predicted octanol–water partition coefficient (Wildman–Crippen LogP) is 2.67. The zero-order valence-electron chi connectivity index (χ0n) is 8.39. The topological polar surface area (TPSA) is 12.5 Å². The Bertz CT molecular complexity index is 291. The van der Waals surface area contributed by atoms with Crippen LogP contribution in [0.3, 0.4) is 0 Å². The van der Waals surface area contributed by atoms with Gasteiger partial charge in [0.2, 0.25) is 0 Å². The Morgan fingerprint density at radius 2 is 2.00 bits per heavy atom. The van der Waals surface area contributed by atoms with Gasteiger partial charge < -0.3 is 4.74 Å². The molecule has 0 amide bonds. The molecule has 2 aliphatic rings. The molecule has 1 heterocycles. The first-order chi connectivity index (χ1) is 6.15. The molecule has 0 aromatic rings. The van der Waals surface area contributed by atoms with Gasteiger partial charge in [-0.15, -0.1) is 6.42 Å². The standard InChI is InChI=1S/C12H16O/c1-4-9-7-5-6-8-10(9)11-12(2,3)13-11/h1,11H,5-8H2,2-3H3. The van der Waals surface area contributed by atoms with Crippen LogP contribution in [-0.4, -0.2) is 11.7 Å². The summed E-state index contributed by atoms with van der Waals surface area (Å²) in [4.78, 5) is 0. The van der Waals surface area contributed by atoms with Gasteiger partial charge in [0, 0.05) is 5.57 Å². The van der Waals surface area contributed by atoms with Gasteiger partial charge in [0.05, 0.1) is 5.60 Å². The van der Waals surface area contributed by atoms with E-state index in [-0.39, 0.29) is 5.60 Å². The van der Waals surface area contributed by atoms with Crippen LogP contribution in [0.25, 0.3) is 0 Å². The third kappa shape index (κ3) is 1.51. The van der Waals surface area contributed by atoms with Crippen LogP contribution in [0, 0.1) is 12.3 Å². The van der Waals surface area contributed by atoms with Crippen LogP contribution in [0.2, 0.25) is 0 Å². The van der Waals surface area contributed by atoms with Crippen molar-refractivity contribution in [1.82, 2.24) is 0 Å². The molecule has 1 saturated heterocycles. The molecule has 0 aromatic carbocycles. The van der Waals surface area contributed by atoms with E-state index in [2.05, 4.69) is 19.8 Å². The largest absolute Gasteiger partial charge is 0.362 e. The second-order valence-electron chi connectivity index (χ2n) is 4.46. The Labute approximate surface area is 80.2 Å². The molecule has 1 atom stereocenters. The minimum Gasteiger partial charge on any atom is -0.362 e. The highest BCUT2D eigenvalue weighted by molar-refractivity contribution is 5.38. The highest BCUT2D eigenvalue weighted by atomic mass is 16.6. The lowest BCUT2D eigenvalue weighted by Crippen LogP contribution is -2.10. The third-order valence-corrected chi connectivity index (χ3v) is 3.00. The molecule has 0 N–H and O–H groups in total. The van der Waals surface area contributed by atoms with Crippen LogP contribution in [0.1, 0.15) is 39.5 Å². The number of allylic oxidation sites excluding steroid dienone is 1. The minimum absolute atomic E-state index is 0.0504. The van der Waals surface area contributed by atoms with Crippen molar-refractivity contribution in [1.29, 1.82) is 0 Å². The molecule has 0 saturated carbocycles. The van der Waals surface area contributed by atoms with Crippen molar-refractivity contribution in [2.45, 2.75) is 51.2 Å². The molecular formula is C12H16O. The van der Waals surface area contributed by atoms with E-state index in [1.165, 1.54) is 24.0 Å². The molecule has 1 unspecified atom stereocenters. The second-order valence-corrected chi connectivity index (χ2v) is 4.46. The van der Waals surface area contributed by atoms with Crippen molar-refractivity contribution in [3.8, 4) is 12.3 Å². The third-order valence-electron chi connectivity index (χ3n) is 3.00. The smallest absolute Gasteiger partial charge is 0.109 e. The fourth-order valence-corrected chi connectivity index (χ4v) is 2.14. The molecule has 1 fully saturated rings. The number of epoxide rings is 1. The van der Waals surface area contributed by atoms with E-state index in [0.29, 0.717) is 6.10 Å². The fraction of sp³-hybridized carbons (Fsp3) is 0.667. The van der Waals surface area contributed by atoms with Crippen molar-refractivity contribution in [3.05, 3.63) is 11.1 Å². The number of hydrogen-bond acceptors (Lipinski definition) is 1. The molecular weight excluding hydrogens is 160 g/mol. The average molecular weight is 176 g/mol. The summed E-state index contributed by atoms with van der Waals surface area (Å²) in [5.41, 5.74) is 2.66. The van der Waals surface area contributed by atoms with E-state index in [0.717, 1.165) is 12.8 Å². The van der Waals surface area contributed by atoms with Crippen LogP contribution in [0.5, 0.6) is 0 Å². The van der Waals surface area contributed by atoms with Crippen molar-refractivity contribution >= 4 is 0 Å². The Balaban J connectivity index is 2.21. The summed E-state index contributed by atoms with van der Waals surface area (Å²) in [7, 11) is 0. The van der Waals surface area contributed by atoms with Gasteiger partial charge in [-0.1, -0.05) is 5.92 Å². The molecule has 0 spiro atoms. The second kappa shape index (κ2) is 2.89. The number of terminal acetylenes is 1. The first-order valence-electron chi connectivity index (χ1n) is 5.01. The Kier molecular flexibility index (Phi) is 1.96. The van der Waals surface area contributed by atoms with Crippen LogP contribution in [0.15, 0.2) is 11.1 Å². The van der Waals surface area contributed by atoms with Gasteiger partial charge in [-0.2, -0.15) is 0 Å². The van der Waals surface area contributed by atoms with Crippen molar-refractivity contribution < 1.29 is 4.74 Å². The molecule has 70 valence electrons. The zero-order chi connectivity index (χ0) is 9.47. The van der Waals surface area contributed by atoms with E-state index < -0.39 is 0 Å². The average Bonchev–Trinajstić information content (AvgIpc) is 2.75. The van der Waals surface area contributed by atoms with Gasteiger partial charge in [-0.05, 0) is 45.1 Å². The van der Waals surface area contributed by atoms with E-state index in [1.807, 2.05) is 0 Å². The summed E-state index contributed by atoms with van der Waals surface area (Å²) in [5.74, 6) is 2.81. The number of hydrogen-bond donors (Lipinski definition) is 0. The van der Waals surface area contributed by atoms with Crippen LogP contribution < -0.4 is 0 Å². The zero-order valence-corrected chi connectivity index (χ0v) is 8.39. The van der Waals surface area contributed by atoms with Crippen LogP contribution in [0.4, 0.5) is 0 Å². The van der Waals surface area contributed by atoms with Crippen molar-refractivity contribution in [3.63, 3.8) is 0 Å². The summed E-state index contributed by atoms with van der Waals surface area (Å²) in [5, 5.41) is 0. The summed E-state index contributed by atoms with van der Waals surface area (Å²) >= 11 is 0. The molecule has 0 aromatic heterocycles. The van der Waals surface area contributed by atoms with Crippen molar-refractivity contribution in [2.75, 3.05) is 0 Å². The van der Waals surface area contributed by atoms with Crippen LogP contribution >= 0.6 is 0 Å².